The molecule has 4 heteroatoms. The molecule has 2 N–H and O–H groups in total. The van der Waals surface area contributed by atoms with Crippen molar-refractivity contribution in [3.8, 4) is 0 Å². The van der Waals surface area contributed by atoms with Crippen molar-refractivity contribution >= 4 is 0 Å². The van der Waals surface area contributed by atoms with Crippen molar-refractivity contribution in [1.82, 2.24) is 14.5 Å². The van der Waals surface area contributed by atoms with E-state index in [0.29, 0.717) is 6.04 Å². The quantitative estimate of drug-likeness (QED) is 0.939. The molecule has 2 atom stereocenters. The molecule has 1 aromatic carbocycles. The largest absolute Gasteiger partial charge is 0.329 e. The van der Waals surface area contributed by atoms with Gasteiger partial charge in [-0.1, -0.05) is 30.3 Å². The number of likely N-dealkylation sites (tertiary alicyclic amines) is 1. The SMILES string of the molecule is CC(N)c1cncn1C1CCCN(Cc2ccccc2)C1. The van der Waals surface area contributed by atoms with E-state index in [4.69, 9.17) is 5.73 Å². The highest BCUT2D eigenvalue weighted by Crippen LogP contribution is 2.25. The van der Waals surface area contributed by atoms with Crippen LogP contribution in [0.1, 0.15) is 43.1 Å². The molecule has 3 rings (SSSR count). The molecule has 2 unspecified atom stereocenters. The Morgan fingerprint density at radius 3 is 2.90 bits per heavy atom. The summed E-state index contributed by atoms with van der Waals surface area (Å²) in [7, 11) is 0. The second-order valence-corrected chi connectivity index (χ2v) is 6.03. The third-order valence-electron chi connectivity index (χ3n) is 4.29. The smallest absolute Gasteiger partial charge is 0.0951 e. The molecule has 1 fully saturated rings. The standard InChI is InChI=1S/C17H24N4/c1-14(18)17-10-19-13-21(17)16-8-5-9-20(12-16)11-15-6-3-2-4-7-15/h2-4,6-7,10,13-14,16H,5,8-9,11-12,18H2,1H3. The van der Waals surface area contributed by atoms with Crippen LogP contribution in [0.4, 0.5) is 0 Å². The molecule has 112 valence electrons. The molecule has 1 saturated heterocycles. The predicted molar refractivity (Wildman–Crippen MR) is 84.8 cm³/mol. The lowest BCUT2D eigenvalue weighted by atomic mass is 10.0. The zero-order valence-electron chi connectivity index (χ0n) is 12.7. The first-order valence-electron chi connectivity index (χ1n) is 7.77. The van der Waals surface area contributed by atoms with Gasteiger partial charge in [0, 0.05) is 31.4 Å². The van der Waals surface area contributed by atoms with Crippen molar-refractivity contribution in [3.63, 3.8) is 0 Å². The first-order valence-corrected chi connectivity index (χ1v) is 7.77. The number of piperidine rings is 1. The Labute approximate surface area is 126 Å². The maximum atomic E-state index is 6.05. The van der Waals surface area contributed by atoms with Crippen LogP contribution in [0.2, 0.25) is 0 Å². The first kappa shape index (κ1) is 14.3. The second-order valence-electron chi connectivity index (χ2n) is 6.03. The van der Waals surface area contributed by atoms with Gasteiger partial charge in [0.05, 0.1) is 12.0 Å². The van der Waals surface area contributed by atoms with E-state index in [1.165, 1.54) is 24.9 Å². The highest BCUT2D eigenvalue weighted by Gasteiger charge is 2.23. The number of hydrogen-bond acceptors (Lipinski definition) is 3. The number of nitrogens with zero attached hydrogens (tertiary/aromatic N) is 3. The van der Waals surface area contributed by atoms with Gasteiger partial charge >= 0.3 is 0 Å². The number of imidazole rings is 1. The monoisotopic (exact) mass is 284 g/mol. The van der Waals surface area contributed by atoms with Crippen molar-refractivity contribution in [3.05, 3.63) is 54.1 Å². The minimum atomic E-state index is 0.0389. The first-order chi connectivity index (χ1) is 10.2. The Kier molecular flexibility index (Phi) is 4.36. The minimum absolute atomic E-state index is 0.0389. The normalized spacial score (nSPS) is 21.3. The highest BCUT2D eigenvalue weighted by atomic mass is 15.2. The summed E-state index contributed by atoms with van der Waals surface area (Å²) < 4.78 is 2.28. The van der Waals surface area contributed by atoms with Crippen LogP contribution >= 0.6 is 0 Å². The van der Waals surface area contributed by atoms with Crippen molar-refractivity contribution in [2.75, 3.05) is 13.1 Å². The number of rotatable bonds is 4. The van der Waals surface area contributed by atoms with Crippen LogP contribution in [-0.4, -0.2) is 27.5 Å². The lowest BCUT2D eigenvalue weighted by Crippen LogP contribution is -2.36. The highest BCUT2D eigenvalue weighted by molar-refractivity contribution is 5.14. The number of aromatic nitrogens is 2. The molecule has 0 amide bonds. The van der Waals surface area contributed by atoms with E-state index in [2.05, 4.69) is 44.8 Å². The molecule has 21 heavy (non-hydrogen) atoms. The average molecular weight is 284 g/mol. The maximum absolute atomic E-state index is 6.05. The Hall–Kier alpha value is -1.65. The number of hydrogen-bond donors (Lipinski definition) is 1. The lowest BCUT2D eigenvalue weighted by molar-refractivity contribution is 0.168. The van der Waals surface area contributed by atoms with E-state index in [1.807, 2.05) is 19.4 Å². The lowest BCUT2D eigenvalue weighted by Gasteiger charge is -2.34. The molecule has 1 aromatic heterocycles. The molecular formula is C17H24N4. The third-order valence-corrected chi connectivity index (χ3v) is 4.29. The molecule has 1 aliphatic rings. The molecular weight excluding hydrogens is 260 g/mol. The Morgan fingerprint density at radius 2 is 2.14 bits per heavy atom. The van der Waals surface area contributed by atoms with Crippen molar-refractivity contribution in [2.24, 2.45) is 5.73 Å². The summed E-state index contributed by atoms with van der Waals surface area (Å²) in [6.45, 7) is 5.30. The molecule has 2 aromatic rings. The van der Waals surface area contributed by atoms with E-state index >= 15 is 0 Å². The van der Waals surface area contributed by atoms with E-state index in [0.717, 1.165) is 18.8 Å². The molecule has 0 spiro atoms. The second kappa shape index (κ2) is 6.41. The van der Waals surface area contributed by atoms with E-state index in [-0.39, 0.29) is 6.04 Å². The van der Waals surface area contributed by atoms with Crippen LogP contribution < -0.4 is 5.73 Å². The van der Waals surface area contributed by atoms with Crippen LogP contribution in [0.5, 0.6) is 0 Å². The zero-order valence-corrected chi connectivity index (χ0v) is 12.7. The molecule has 1 aliphatic heterocycles. The minimum Gasteiger partial charge on any atom is -0.329 e. The number of benzene rings is 1. The van der Waals surface area contributed by atoms with Gasteiger partial charge in [-0.25, -0.2) is 4.98 Å². The van der Waals surface area contributed by atoms with Gasteiger partial charge < -0.3 is 10.3 Å². The Morgan fingerprint density at radius 1 is 1.33 bits per heavy atom. The van der Waals surface area contributed by atoms with Gasteiger partial charge in [0.25, 0.3) is 0 Å². The van der Waals surface area contributed by atoms with Gasteiger partial charge in [-0.2, -0.15) is 0 Å². The fraction of sp³-hybridized carbons (Fsp3) is 0.471. The van der Waals surface area contributed by atoms with Crippen LogP contribution in [0, 0.1) is 0 Å². The molecule has 2 heterocycles. The fourth-order valence-electron chi connectivity index (χ4n) is 3.22. The molecule has 4 nitrogen and oxygen atoms in total. The summed E-state index contributed by atoms with van der Waals surface area (Å²) in [4.78, 5) is 6.83. The van der Waals surface area contributed by atoms with E-state index < -0.39 is 0 Å². The summed E-state index contributed by atoms with van der Waals surface area (Å²) in [5.41, 5.74) is 8.58. The van der Waals surface area contributed by atoms with Crippen LogP contribution in [-0.2, 0) is 6.54 Å². The molecule has 0 saturated carbocycles. The Balaban J connectivity index is 1.69. The van der Waals surface area contributed by atoms with Gasteiger partial charge in [-0.3, -0.25) is 4.90 Å². The summed E-state index contributed by atoms with van der Waals surface area (Å²) in [6, 6.07) is 11.2. The molecule has 0 aliphatic carbocycles. The summed E-state index contributed by atoms with van der Waals surface area (Å²) in [5, 5.41) is 0. The van der Waals surface area contributed by atoms with E-state index in [9.17, 15) is 0 Å². The molecule has 0 radical (unpaired) electrons. The van der Waals surface area contributed by atoms with Crippen molar-refractivity contribution < 1.29 is 0 Å². The zero-order chi connectivity index (χ0) is 14.7. The van der Waals surface area contributed by atoms with Crippen LogP contribution in [0.15, 0.2) is 42.9 Å². The Bertz CT molecular complexity index is 561. The topological polar surface area (TPSA) is 47.1 Å². The van der Waals surface area contributed by atoms with Crippen molar-refractivity contribution in [1.29, 1.82) is 0 Å². The van der Waals surface area contributed by atoms with Crippen LogP contribution in [0.3, 0.4) is 0 Å². The predicted octanol–water partition coefficient (Wildman–Crippen LogP) is 2.74. The fourth-order valence-corrected chi connectivity index (χ4v) is 3.22. The maximum Gasteiger partial charge on any atom is 0.0951 e. The summed E-state index contributed by atoms with van der Waals surface area (Å²) in [5.74, 6) is 0. The summed E-state index contributed by atoms with van der Waals surface area (Å²) >= 11 is 0. The van der Waals surface area contributed by atoms with Gasteiger partial charge in [-0.05, 0) is 31.9 Å². The summed E-state index contributed by atoms with van der Waals surface area (Å²) in [6.07, 6.45) is 6.28. The van der Waals surface area contributed by atoms with E-state index in [1.54, 1.807) is 0 Å². The van der Waals surface area contributed by atoms with Crippen molar-refractivity contribution in [2.45, 2.75) is 38.4 Å². The molecule has 0 bridgehead atoms. The number of nitrogens with two attached hydrogens (primary N) is 1. The van der Waals surface area contributed by atoms with Gasteiger partial charge in [-0.15, -0.1) is 0 Å². The average Bonchev–Trinajstić information content (AvgIpc) is 2.98. The van der Waals surface area contributed by atoms with Gasteiger partial charge in [0.15, 0.2) is 0 Å². The van der Waals surface area contributed by atoms with Gasteiger partial charge in [0.2, 0.25) is 0 Å². The third kappa shape index (κ3) is 3.34. The van der Waals surface area contributed by atoms with Crippen LogP contribution in [0.25, 0.3) is 0 Å². The van der Waals surface area contributed by atoms with Gasteiger partial charge in [0.1, 0.15) is 0 Å².